The molecule has 5 rings (SSSR count). The van der Waals surface area contributed by atoms with Crippen LogP contribution in [-0.2, 0) is 11.3 Å². The Hall–Kier alpha value is -3.52. The third kappa shape index (κ3) is 5.22. The summed E-state index contributed by atoms with van der Waals surface area (Å²) in [5.74, 6) is 0.438. The molecule has 0 saturated heterocycles. The zero-order chi connectivity index (χ0) is 27.8. The Balaban J connectivity index is 1.64. The molecule has 0 aliphatic carbocycles. The van der Waals surface area contributed by atoms with Gasteiger partial charge in [0.25, 0.3) is 0 Å². The van der Waals surface area contributed by atoms with Crippen molar-refractivity contribution in [1.82, 2.24) is 29.3 Å². The van der Waals surface area contributed by atoms with Crippen molar-refractivity contribution in [3.63, 3.8) is 0 Å². The van der Waals surface area contributed by atoms with Crippen molar-refractivity contribution in [2.24, 2.45) is 0 Å². The SMILES string of the molecule is [B]P(C)n1nc(-c2nc3c(NC(C)=O)cccc3[nH]2)c2cc(-c3cncc(CN(CC)B(C)O)c3C)ccc21. The second kappa shape index (κ2) is 10.9. The number of amides is 1. The summed E-state index contributed by atoms with van der Waals surface area (Å²) in [6.45, 7) is 10.7. The Morgan fingerprint density at radius 1 is 1.28 bits per heavy atom. The summed E-state index contributed by atoms with van der Waals surface area (Å²) < 4.78 is 1.86. The Morgan fingerprint density at radius 2 is 2.08 bits per heavy atom. The van der Waals surface area contributed by atoms with Gasteiger partial charge in [-0.15, -0.1) is 0 Å². The number of rotatable bonds is 8. The highest BCUT2D eigenvalue weighted by atomic mass is 31.1. The predicted octanol–water partition coefficient (Wildman–Crippen LogP) is 4.80. The lowest BCUT2D eigenvalue weighted by molar-refractivity contribution is -0.114. The van der Waals surface area contributed by atoms with E-state index in [9.17, 15) is 9.82 Å². The molecule has 3 heterocycles. The average molecular weight is 537 g/mol. The van der Waals surface area contributed by atoms with E-state index in [1.165, 1.54) is 6.92 Å². The molecule has 12 heteroatoms. The van der Waals surface area contributed by atoms with Gasteiger partial charge in [0.15, 0.2) is 5.82 Å². The topological polar surface area (TPSA) is 112 Å². The number of carbonyl (C=O) groups is 1. The van der Waals surface area contributed by atoms with E-state index in [0.29, 0.717) is 29.3 Å². The van der Waals surface area contributed by atoms with Crippen LogP contribution in [0.15, 0.2) is 48.8 Å². The molecule has 3 aromatic heterocycles. The first-order valence-corrected chi connectivity index (χ1v) is 14.6. The molecule has 0 aliphatic rings. The van der Waals surface area contributed by atoms with Crippen molar-refractivity contribution < 1.29 is 9.82 Å². The molecule has 2 aromatic carbocycles. The van der Waals surface area contributed by atoms with Gasteiger partial charge in [-0.3, -0.25) is 14.2 Å². The number of nitrogens with one attached hydrogen (secondary N) is 2. The van der Waals surface area contributed by atoms with Crippen molar-refractivity contribution >= 4 is 56.1 Å². The van der Waals surface area contributed by atoms with Crippen LogP contribution in [0.4, 0.5) is 5.69 Å². The molecule has 9 nitrogen and oxygen atoms in total. The lowest BCUT2D eigenvalue weighted by atomic mass is 9.84. The number of aromatic amines is 1. The summed E-state index contributed by atoms with van der Waals surface area (Å²) >= 11 is 0. The van der Waals surface area contributed by atoms with Gasteiger partial charge in [0, 0.05) is 36.8 Å². The fourth-order valence-electron chi connectivity index (χ4n) is 4.87. The van der Waals surface area contributed by atoms with E-state index in [1.807, 2.05) is 59.5 Å². The number of para-hydroxylation sites is 1. The van der Waals surface area contributed by atoms with Gasteiger partial charge < -0.3 is 20.1 Å². The molecule has 5 aromatic rings. The fraction of sp³-hybridized carbons (Fsp3) is 0.259. The van der Waals surface area contributed by atoms with E-state index in [-0.39, 0.29) is 5.91 Å². The van der Waals surface area contributed by atoms with Crippen molar-refractivity contribution in [2.75, 3.05) is 18.5 Å². The molecule has 1 atom stereocenters. The number of H-pyrrole nitrogens is 1. The molecule has 0 bridgehead atoms. The standard InChI is InChI=1S/C27H30B2N7O2P/c1-6-35(29(4)38)15-19-13-30-14-21(16(19)2)18-10-11-24-20(12-18)25(34-36(24)39(5)28)27-32-23-9-7-8-22(26(23)33-27)31-17(3)37/h7-14,38H,6,15H2,1-5H3,(H,31,37)(H,32,33). The second-order valence-corrected chi connectivity index (χ2v) is 11.2. The number of hydrogen-bond acceptors (Lipinski definition) is 6. The number of imidazole rings is 1. The van der Waals surface area contributed by atoms with E-state index < -0.39 is 15.0 Å². The number of aromatic nitrogens is 5. The fourth-order valence-corrected chi connectivity index (χ4v) is 5.61. The van der Waals surface area contributed by atoms with Crippen LogP contribution in [-0.4, -0.2) is 68.1 Å². The van der Waals surface area contributed by atoms with Crippen LogP contribution in [0.25, 0.3) is 44.6 Å². The second-order valence-electron chi connectivity index (χ2n) is 9.68. The number of anilines is 1. The number of hydrogen-bond donors (Lipinski definition) is 3. The Kier molecular flexibility index (Phi) is 7.58. The van der Waals surface area contributed by atoms with E-state index in [1.54, 1.807) is 6.82 Å². The molecule has 1 amide bonds. The largest absolute Gasteiger partial charge is 0.437 e. The highest BCUT2D eigenvalue weighted by molar-refractivity contribution is 7.80. The molecule has 0 aliphatic heterocycles. The van der Waals surface area contributed by atoms with Gasteiger partial charge in [0.05, 0.1) is 16.7 Å². The molecular formula is C27H30B2N7O2P. The molecule has 0 spiro atoms. The molecule has 39 heavy (non-hydrogen) atoms. The molecular weight excluding hydrogens is 507 g/mol. The lowest BCUT2D eigenvalue weighted by Gasteiger charge is -2.22. The first-order valence-electron chi connectivity index (χ1n) is 12.8. The van der Waals surface area contributed by atoms with E-state index in [0.717, 1.165) is 45.2 Å². The Morgan fingerprint density at radius 3 is 2.77 bits per heavy atom. The number of nitrogens with zero attached hydrogens (tertiary/aromatic N) is 5. The predicted molar refractivity (Wildman–Crippen MR) is 161 cm³/mol. The van der Waals surface area contributed by atoms with Gasteiger partial charge in [-0.2, -0.15) is 5.10 Å². The Bertz CT molecular complexity index is 1680. The quantitative estimate of drug-likeness (QED) is 0.194. The molecule has 3 N–H and O–H groups in total. The molecule has 196 valence electrons. The molecule has 0 saturated carbocycles. The maximum absolute atomic E-state index is 11.7. The zero-order valence-electron chi connectivity index (χ0n) is 22.7. The summed E-state index contributed by atoms with van der Waals surface area (Å²) in [6.07, 6.45) is 3.74. The van der Waals surface area contributed by atoms with Crippen LogP contribution in [0.1, 0.15) is 25.0 Å². The third-order valence-electron chi connectivity index (χ3n) is 6.95. The van der Waals surface area contributed by atoms with Crippen molar-refractivity contribution in [1.29, 1.82) is 0 Å². The average Bonchev–Trinajstić information content (AvgIpc) is 3.49. The summed E-state index contributed by atoms with van der Waals surface area (Å²) in [6, 6.07) is 11.8. The van der Waals surface area contributed by atoms with E-state index >= 15 is 0 Å². The Labute approximate surface area is 230 Å². The van der Waals surface area contributed by atoms with Gasteiger partial charge in [0.2, 0.25) is 5.91 Å². The number of fused-ring (bicyclic) bond motifs is 2. The van der Waals surface area contributed by atoms with Gasteiger partial charge >= 0.3 is 7.05 Å². The first-order chi connectivity index (χ1) is 18.7. The van der Waals surface area contributed by atoms with Gasteiger partial charge in [0.1, 0.15) is 18.8 Å². The summed E-state index contributed by atoms with van der Waals surface area (Å²) in [5.41, 5.74) is 7.89. The van der Waals surface area contributed by atoms with Gasteiger partial charge in [-0.05, 0) is 75.9 Å². The van der Waals surface area contributed by atoms with Crippen LogP contribution in [0.2, 0.25) is 6.82 Å². The van der Waals surface area contributed by atoms with Crippen LogP contribution in [0.5, 0.6) is 0 Å². The van der Waals surface area contributed by atoms with Crippen LogP contribution >= 0.6 is 7.95 Å². The summed E-state index contributed by atoms with van der Waals surface area (Å²) in [7, 11) is 4.78. The van der Waals surface area contributed by atoms with Crippen molar-refractivity contribution in [2.45, 2.75) is 34.1 Å². The number of pyridine rings is 1. The minimum absolute atomic E-state index is 0.159. The molecule has 1 unspecified atom stereocenters. The minimum Gasteiger partial charge on any atom is -0.437 e. The summed E-state index contributed by atoms with van der Waals surface area (Å²) in [5, 5.41) is 18.8. The number of benzene rings is 2. The number of carbonyl (C=O) groups excluding carboxylic acids is 1. The summed E-state index contributed by atoms with van der Waals surface area (Å²) in [4.78, 5) is 26.4. The molecule has 0 fully saturated rings. The van der Waals surface area contributed by atoms with Crippen molar-refractivity contribution in [3.05, 3.63) is 59.9 Å². The highest BCUT2D eigenvalue weighted by Crippen LogP contribution is 2.39. The monoisotopic (exact) mass is 537 g/mol. The first kappa shape index (κ1) is 27.1. The van der Waals surface area contributed by atoms with Gasteiger partial charge in [-0.25, -0.2) is 4.98 Å². The maximum Gasteiger partial charge on any atom is 0.376 e. The van der Waals surface area contributed by atoms with E-state index in [2.05, 4.69) is 34.3 Å². The van der Waals surface area contributed by atoms with Crippen molar-refractivity contribution in [3.8, 4) is 22.6 Å². The minimum atomic E-state index is -1.03. The molecule has 2 radical (unpaired) electrons. The van der Waals surface area contributed by atoms with Gasteiger partial charge in [-0.1, -0.05) is 19.1 Å². The van der Waals surface area contributed by atoms with E-state index in [4.69, 9.17) is 17.6 Å². The zero-order valence-corrected chi connectivity index (χ0v) is 23.6. The highest BCUT2D eigenvalue weighted by Gasteiger charge is 2.21. The van der Waals surface area contributed by atoms with Crippen LogP contribution in [0, 0.1) is 6.92 Å². The normalized spacial score (nSPS) is 12.4. The maximum atomic E-state index is 11.7. The lowest BCUT2D eigenvalue weighted by Crippen LogP contribution is -2.36. The van der Waals surface area contributed by atoms with Crippen LogP contribution in [0.3, 0.4) is 0 Å². The van der Waals surface area contributed by atoms with Crippen LogP contribution < -0.4 is 5.32 Å². The third-order valence-corrected chi connectivity index (χ3v) is 7.85. The smallest absolute Gasteiger partial charge is 0.376 e.